The highest BCUT2D eigenvalue weighted by Crippen LogP contribution is 2.51. The van der Waals surface area contributed by atoms with Crippen molar-refractivity contribution in [2.45, 2.75) is 0 Å². The third-order valence-electron chi connectivity index (χ3n) is 10.4. The van der Waals surface area contributed by atoms with E-state index < -0.39 is 0 Å². The molecular weight excluding hydrogens is 669 g/mol. The number of para-hydroxylation sites is 4. The van der Waals surface area contributed by atoms with Crippen molar-refractivity contribution >= 4 is 44.9 Å². The molecule has 0 aromatic heterocycles. The van der Waals surface area contributed by atoms with Gasteiger partial charge in [0, 0.05) is 45.1 Å². The number of hydrogen-bond acceptors (Lipinski definition) is 3. The zero-order valence-electron chi connectivity index (χ0n) is 30.1. The molecule has 0 spiro atoms. The Labute approximate surface area is 321 Å². The molecule has 0 amide bonds. The average Bonchev–Trinajstić information content (AvgIpc) is 3.26. The molecule has 3 nitrogen and oxygen atoms in total. The second-order valence-corrected chi connectivity index (χ2v) is 13.8. The van der Waals surface area contributed by atoms with E-state index in [1.165, 1.54) is 5.56 Å². The van der Waals surface area contributed by atoms with Crippen LogP contribution >= 0.6 is 0 Å². The highest BCUT2D eigenvalue weighted by atomic mass is 16.5. The van der Waals surface area contributed by atoms with Crippen LogP contribution in [0.4, 0.5) is 34.1 Å². The van der Waals surface area contributed by atoms with E-state index in [0.717, 1.165) is 84.2 Å². The third kappa shape index (κ3) is 5.98. The summed E-state index contributed by atoms with van der Waals surface area (Å²) in [5.41, 5.74) is 13.5. The standard InChI is InChI=1S/C52H36N2O/c1-5-16-41(17-6-1)53(42-18-7-2-8-19-42)45-31-27-37(28-32-45)40-35-39-15-13-25-48-51(39)50(36-40)55-49-26-14-24-47(52(48)49)38-29-33-46(34-30-38)54(43-20-9-3-10-21-43)44-22-11-4-12-23-44/h1-36H. The van der Waals surface area contributed by atoms with E-state index in [4.69, 9.17) is 4.74 Å². The second kappa shape index (κ2) is 13.9. The van der Waals surface area contributed by atoms with E-state index in [1.807, 2.05) is 0 Å². The van der Waals surface area contributed by atoms with Crippen molar-refractivity contribution in [2.75, 3.05) is 9.80 Å². The number of benzene rings is 9. The van der Waals surface area contributed by atoms with Crippen LogP contribution in [-0.4, -0.2) is 0 Å². The molecule has 0 fully saturated rings. The molecule has 0 atom stereocenters. The first kappa shape index (κ1) is 32.3. The average molecular weight is 705 g/mol. The van der Waals surface area contributed by atoms with Crippen LogP contribution in [0.15, 0.2) is 218 Å². The Hall–Kier alpha value is -7.36. The molecule has 0 saturated heterocycles. The molecule has 1 aliphatic heterocycles. The van der Waals surface area contributed by atoms with Gasteiger partial charge in [0.1, 0.15) is 11.5 Å². The monoisotopic (exact) mass is 704 g/mol. The van der Waals surface area contributed by atoms with E-state index >= 15 is 0 Å². The minimum atomic E-state index is 0.866. The van der Waals surface area contributed by atoms with Gasteiger partial charge in [0.2, 0.25) is 0 Å². The number of ether oxygens (including phenoxy) is 1. The lowest BCUT2D eigenvalue weighted by Crippen LogP contribution is -2.09. The summed E-state index contributed by atoms with van der Waals surface area (Å²) in [6.07, 6.45) is 0. The molecule has 0 bridgehead atoms. The SMILES string of the molecule is c1ccc(N(c2ccccc2)c2ccc(-c3cc4c5c(cccc5c3)-c3c(cccc3-c3ccc(N(c5ccccc5)c5ccccc5)cc3)O4)cc2)cc1. The van der Waals surface area contributed by atoms with Gasteiger partial charge in [-0.15, -0.1) is 0 Å². The van der Waals surface area contributed by atoms with Gasteiger partial charge < -0.3 is 14.5 Å². The first-order valence-electron chi connectivity index (χ1n) is 18.7. The lowest BCUT2D eigenvalue weighted by molar-refractivity contribution is 0.487. The molecule has 1 heterocycles. The summed E-state index contributed by atoms with van der Waals surface area (Å²) in [7, 11) is 0. The summed E-state index contributed by atoms with van der Waals surface area (Å²) in [6.45, 7) is 0. The fourth-order valence-electron chi connectivity index (χ4n) is 7.89. The van der Waals surface area contributed by atoms with E-state index in [0.29, 0.717) is 0 Å². The van der Waals surface area contributed by atoms with Crippen LogP contribution in [0, 0.1) is 0 Å². The normalized spacial score (nSPS) is 11.4. The van der Waals surface area contributed by atoms with Crippen LogP contribution in [0.5, 0.6) is 11.5 Å². The molecule has 3 heteroatoms. The highest BCUT2D eigenvalue weighted by Gasteiger charge is 2.24. The molecule has 10 rings (SSSR count). The summed E-state index contributed by atoms with van der Waals surface area (Å²) in [5.74, 6) is 1.74. The van der Waals surface area contributed by atoms with Crippen LogP contribution in [0.3, 0.4) is 0 Å². The Morgan fingerprint density at radius 1 is 0.291 bits per heavy atom. The van der Waals surface area contributed by atoms with Crippen LogP contribution in [0.1, 0.15) is 0 Å². The van der Waals surface area contributed by atoms with Crippen LogP contribution in [0.25, 0.3) is 44.2 Å². The van der Waals surface area contributed by atoms with Crippen LogP contribution < -0.4 is 14.5 Å². The third-order valence-corrected chi connectivity index (χ3v) is 10.4. The minimum absolute atomic E-state index is 0.866. The Kier molecular flexibility index (Phi) is 8.16. The number of anilines is 6. The molecule has 0 aliphatic carbocycles. The van der Waals surface area contributed by atoms with Gasteiger partial charge in [-0.05, 0) is 124 Å². The molecule has 1 aliphatic rings. The number of nitrogens with zero attached hydrogens (tertiary/aromatic N) is 2. The van der Waals surface area contributed by atoms with Gasteiger partial charge in [0.15, 0.2) is 0 Å². The smallest absolute Gasteiger partial charge is 0.136 e. The first-order chi connectivity index (χ1) is 27.3. The van der Waals surface area contributed by atoms with Crippen molar-refractivity contribution in [3.8, 4) is 44.9 Å². The van der Waals surface area contributed by atoms with Gasteiger partial charge in [0.05, 0.1) is 0 Å². The van der Waals surface area contributed by atoms with Crippen molar-refractivity contribution in [3.05, 3.63) is 218 Å². The van der Waals surface area contributed by atoms with Crippen molar-refractivity contribution in [1.29, 1.82) is 0 Å². The molecule has 55 heavy (non-hydrogen) atoms. The lowest BCUT2D eigenvalue weighted by Gasteiger charge is -2.26. The molecule has 0 radical (unpaired) electrons. The van der Waals surface area contributed by atoms with Crippen molar-refractivity contribution in [3.63, 3.8) is 0 Å². The topological polar surface area (TPSA) is 15.7 Å². The molecule has 0 saturated carbocycles. The highest BCUT2D eigenvalue weighted by molar-refractivity contribution is 6.08. The molecular formula is C52H36N2O. The number of hydrogen-bond donors (Lipinski definition) is 0. The van der Waals surface area contributed by atoms with Gasteiger partial charge in [-0.3, -0.25) is 0 Å². The fourth-order valence-corrected chi connectivity index (χ4v) is 7.89. The van der Waals surface area contributed by atoms with Crippen LogP contribution in [-0.2, 0) is 0 Å². The molecule has 0 N–H and O–H groups in total. The van der Waals surface area contributed by atoms with E-state index in [1.54, 1.807) is 0 Å². The van der Waals surface area contributed by atoms with Gasteiger partial charge in [-0.2, -0.15) is 0 Å². The predicted molar refractivity (Wildman–Crippen MR) is 230 cm³/mol. The zero-order valence-corrected chi connectivity index (χ0v) is 30.1. The van der Waals surface area contributed by atoms with Gasteiger partial charge >= 0.3 is 0 Å². The molecule has 9 aromatic carbocycles. The summed E-state index contributed by atoms with van der Waals surface area (Å²) >= 11 is 0. The van der Waals surface area contributed by atoms with Crippen molar-refractivity contribution in [2.24, 2.45) is 0 Å². The van der Waals surface area contributed by atoms with Gasteiger partial charge in [0.25, 0.3) is 0 Å². The Morgan fingerprint density at radius 3 is 1.24 bits per heavy atom. The first-order valence-corrected chi connectivity index (χ1v) is 18.7. The quantitative estimate of drug-likeness (QED) is 0.157. The molecule has 0 unspecified atom stereocenters. The van der Waals surface area contributed by atoms with E-state index in [-0.39, 0.29) is 0 Å². The van der Waals surface area contributed by atoms with Gasteiger partial charge in [-0.1, -0.05) is 127 Å². The summed E-state index contributed by atoms with van der Waals surface area (Å²) in [4.78, 5) is 4.58. The van der Waals surface area contributed by atoms with Gasteiger partial charge in [-0.25, -0.2) is 0 Å². The zero-order chi connectivity index (χ0) is 36.6. The second-order valence-electron chi connectivity index (χ2n) is 13.8. The largest absolute Gasteiger partial charge is 0.456 e. The van der Waals surface area contributed by atoms with Crippen LogP contribution in [0.2, 0.25) is 0 Å². The Bertz CT molecular complexity index is 2670. The maximum atomic E-state index is 6.81. The fraction of sp³-hybridized carbons (Fsp3) is 0. The molecule has 260 valence electrons. The lowest BCUT2D eigenvalue weighted by atomic mass is 9.87. The van der Waals surface area contributed by atoms with Crippen molar-refractivity contribution in [1.82, 2.24) is 0 Å². The maximum Gasteiger partial charge on any atom is 0.136 e. The number of rotatable bonds is 8. The predicted octanol–water partition coefficient (Wildman–Crippen LogP) is 14.9. The summed E-state index contributed by atoms with van der Waals surface area (Å²) in [5, 5.41) is 2.29. The Morgan fingerprint density at radius 2 is 0.727 bits per heavy atom. The minimum Gasteiger partial charge on any atom is -0.456 e. The Balaban J connectivity index is 1.00. The van der Waals surface area contributed by atoms with E-state index in [9.17, 15) is 0 Å². The number of fused-ring (bicyclic) bond motifs is 2. The molecule has 9 aromatic rings. The summed E-state index contributed by atoms with van der Waals surface area (Å²) < 4.78 is 6.81. The van der Waals surface area contributed by atoms with E-state index in [2.05, 4.69) is 228 Å². The van der Waals surface area contributed by atoms with Crippen molar-refractivity contribution < 1.29 is 4.74 Å². The summed E-state index contributed by atoms with van der Waals surface area (Å²) in [6, 6.07) is 77.2. The maximum absolute atomic E-state index is 6.81.